The number of carbonyl (C=O) groups is 2. The number of ether oxygens (including phenoxy) is 1. The fourth-order valence-electron chi connectivity index (χ4n) is 2.25. The number of ketones is 1. The average Bonchev–Trinajstić information content (AvgIpc) is 2.90. The number of nitro groups is 1. The molecule has 0 spiro atoms. The van der Waals surface area contributed by atoms with E-state index in [1.54, 1.807) is 13.8 Å². The van der Waals surface area contributed by atoms with E-state index < -0.39 is 16.6 Å². The molecule has 136 valence electrons. The van der Waals surface area contributed by atoms with E-state index in [0.717, 1.165) is 35.8 Å². The second-order valence-corrected chi connectivity index (χ2v) is 6.25. The summed E-state index contributed by atoms with van der Waals surface area (Å²) in [6.07, 6.45) is 1.15. The smallest absolute Gasteiger partial charge is 0.341 e. The molecule has 0 aliphatic heterocycles. The van der Waals surface area contributed by atoms with Crippen molar-refractivity contribution in [1.29, 1.82) is 0 Å². The topological polar surface area (TPSA) is 122 Å². The second-order valence-electron chi connectivity index (χ2n) is 5.25. The van der Waals surface area contributed by atoms with E-state index in [1.807, 2.05) is 0 Å². The zero-order chi connectivity index (χ0) is 19.4. The monoisotopic (exact) mass is 375 g/mol. The number of esters is 1. The predicted molar refractivity (Wildman–Crippen MR) is 94.8 cm³/mol. The number of nitrogens with zero attached hydrogens (tertiary/aromatic N) is 2. The lowest BCUT2D eigenvalue weighted by molar-refractivity contribution is -0.385. The maximum atomic E-state index is 12.2. The van der Waals surface area contributed by atoms with Gasteiger partial charge in [0.05, 0.1) is 22.0 Å². The van der Waals surface area contributed by atoms with Crippen molar-refractivity contribution >= 4 is 40.0 Å². The van der Waals surface area contributed by atoms with Gasteiger partial charge in [-0.25, -0.2) is 9.79 Å². The number of aliphatic imine (C=N–C) groups is 1. The van der Waals surface area contributed by atoms with Gasteiger partial charge < -0.3 is 9.84 Å². The summed E-state index contributed by atoms with van der Waals surface area (Å²) in [5, 5.41) is 22.9. The van der Waals surface area contributed by atoms with Crippen molar-refractivity contribution in [1.82, 2.24) is 0 Å². The van der Waals surface area contributed by atoms with Crippen LogP contribution in [0.2, 0.25) is 0 Å². The van der Waals surface area contributed by atoms with Gasteiger partial charge in [-0.3, -0.25) is 14.9 Å². The fraction of sp³-hybridized carbons (Fsp3) is 0.235. The van der Waals surface area contributed by atoms with Gasteiger partial charge in [-0.1, -0.05) is 11.8 Å². The molecule has 9 heteroatoms. The standard InChI is InChI=1S/C17H16N2O6S/c1-4-25-17(22)14-9(2)15(10(3)20)26-16(14)18-8-11-7-12(19(23)24)5-6-13(11)21/h5-8,21H,4H2,1-3H3/p-1. The molecule has 0 radical (unpaired) electrons. The van der Waals surface area contributed by atoms with Crippen LogP contribution >= 0.6 is 11.3 Å². The van der Waals surface area contributed by atoms with Crippen molar-refractivity contribution in [3.8, 4) is 5.75 Å². The average molecular weight is 375 g/mol. The minimum atomic E-state index is -0.623. The van der Waals surface area contributed by atoms with Gasteiger partial charge in [0.15, 0.2) is 5.78 Å². The van der Waals surface area contributed by atoms with Crippen LogP contribution in [0.4, 0.5) is 10.7 Å². The molecule has 0 fully saturated rings. The molecule has 0 amide bonds. The maximum Gasteiger partial charge on any atom is 0.341 e. The van der Waals surface area contributed by atoms with Gasteiger partial charge in [-0.2, -0.15) is 0 Å². The van der Waals surface area contributed by atoms with Gasteiger partial charge in [-0.15, -0.1) is 11.3 Å². The highest BCUT2D eigenvalue weighted by Gasteiger charge is 2.23. The Morgan fingerprint density at radius 1 is 1.38 bits per heavy atom. The highest BCUT2D eigenvalue weighted by Crippen LogP contribution is 2.36. The molecule has 0 aliphatic carbocycles. The molecule has 0 N–H and O–H groups in total. The first-order valence-corrected chi connectivity index (χ1v) is 8.38. The summed E-state index contributed by atoms with van der Waals surface area (Å²) in [7, 11) is 0. The number of thiophene rings is 1. The first kappa shape index (κ1) is 19.3. The molecular formula is C17H15N2O6S-. The Morgan fingerprint density at radius 2 is 2.08 bits per heavy atom. The first-order chi connectivity index (χ1) is 12.3. The van der Waals surface area contributed by atoms with E-state index in [9.17, 15) is 24.8 Å². The number of Topliss-reactive ketones (excluding diaryl/α,β-unsaturated/α-hetero) is 1. The first-order valence-electron chi connectivity index (χ1n) is 7.57. The third-order valence-corrected chi connectivity index (χ3v) is 4.75. The molecule has 0 bridgehead atoms. The Morgan fingerprint density at radius 3 is 2.65 bits per heavy atom. The van der Waals surface area contributed by atoms with E-state index in [1.165, 1.54) is 6.92 Å². The zero-order valence-corrected chi connectivity index (χ0v) is 15.1. The summed E-state index contributed by atoms with van der Waals surface area (Å²) in [5.74, 6) is -1.29. The number of rotatable bonds is 6. The Kier molecular flexibility index (Phi) is 5.83. The molecule has 0 saturated heterocycles. The van der Waals surface area contributed by atoms with Crippen LogP contribution in [-0.4, -0.2) is 29.5 Å². The van der Waals surface area contributed by atoms with Crippen molar-refractivity contribution in [2.75, 3.05) is 6.61 Å². The molecular weight excluding hydrogens is 360 g/mol. The maximum absolute atomic E-state index is 12.2. The summed E-state index contributed by atoms with van der Waals surface area (Å²) in [4.78, 5) is 38.6. The van der Waals surface area contributed by atoms with Crippen molar-refractivity contribution in [2.45, 2.75) is 20.8 Å². The predicted octanol–water partition coefficient (Wildman–Crippen LogP) is 3.17. The van der Waals surface area contributed by atoms with Crippen molar-refractivity contribution < 1.29 is 24.4 Å². The van der Waals surface area contributed by atoms with Crippen molar-refractivity contribution in [2.24, 2.45) is 4.99 Å². The number of hydrogen-bond donors (Lipinski definition) is 0. The van der Waals surface area contributed by atoms with Crippen LogP contribution in [0.1, 0.15) is 45.0 Å². The SMILES string of the molecule is CCOC(=O)c1c(N=Cc2cc([N+](=O)[O-])ccc2[O-])sc(C(C)=O)c1C. The van der Waals surface area contributed by atoms with Crippen LogP contribution in [0.3, 0.4) is 0 Å². The molecule has 0 aliphatic rings. The molecule has 0 unspecified atom stereocenters. The minimum Gasteiger partial charge on any atom is -0.872 e. The van der Waals surface area contributed by atoms with Crippen LogP contribution < -0.4 is 5.11 Å². The summed E-state index contributed by atoms with van der Waals surface area (Å²) >= 11 is 1.000. The van der Waals surface area contributed by atoms with E-state index in [-0.39, 0.29) is 34.2 Å². The molecule has 8 nitrogen and oxygen atoms in total. The Bertz CT molecular complexity index is 916. The lowest BCUT2D eigenvalue weighted by Gasteiger charge is -2.08. The Balaban J connectivity index is 2.52. The summed E-state index contributed by atoms with van der Waals surface area (Å²) in [5.41, 5.74) is 0.360. The third kappa shape index (κ3) is 3.94. The van der Waals surface area contributed by atoms with Crippen molar-refractivity contribution in [3.63, 3.8) is 0 Å². The molecule has 2 aromatic rings. The largest absolute Gasteiger partial charge is 0.872 e. The number of non-ortho nitro benzene ring substituents is 1. The number of hydrogen-bond acceptors (Lipinski definition) is 8. The molecule has 1 heterocycles. The van der Waals surface area contributed by atoms with Crippen LogP contribution in [0.15, 0.2) is 23.2 Å². The van der Waals surface area contributed by atoms with Crippen molar-refractivity contribution in [3.05, 3.63) is 49.9 Å². The quantitative estimate of drug-likeness (QED) is 0.251. The Hall–Kier alpha value is -3.07. The number of nitro benzene ring substituents is 1. The summed E-state index contributed by atoms with van der Waals surface area (Å²) in [6.45, 7) is 4.80. The normalized spacial score (nSPS) is 10.9. The second kappa shape index (κ2) is 7.87. The number of benzene rings is 1. The lowest BCUT2D eigenvalue weighted by Crippen LogP contribution is -2.06. The third-order valence-electron chi connectivity index (χ3n) is 3.45. The van der Waals surface area contributed by atoms with Gasteiger partial charge in [0, 0.05) is 18.3 Å². The lowest BCUT2D eigenvalue weighted by atomic mass is 10.1. The highest BCUT2D eigenvalue weighted by atomic mass is 32.1. The van der Waals surface area contributed by atoms with E-state index >= 15 is 0 Å². The van der Waals surface area contributed by atoms with Gasteiger partial charge in [0.1, 0.15) is 5.00 Å². The summed E-state index contributed by atoms with van der Waals surface area (Å²) in [6, 6.07) is 3.28. The van der Waals surface area contributed by atoms with E-state index in [0.29, 0.717) is 10.4 Å². The highest BCUT2D eigenvalue weighted by molar-refractivity contribution is 7.18. The fourth-order valence-corrected chi connectivity index (χ4v) is 3.28. The van der Waals surface area contributed by atoms with Gasteiger partial charge >= 0.3 is 5.97 Å². The van der Waals surface area contributed by atoms with E-state index in [4.69, 9.17) is 4.74 Å². The zero-order valence-electron chi connectivity index (χ0n) is 14.3. The molecule has 26 heavy (non-hydrogen) atoms. The molecule has 0 saturated carbocycles. The molecule has 2 rings (SSSR count). The Labute approximate surface area is 152 Å². The number of carbonyl (C=O) groups excluding carboxylic acids is 2. The van der Waals surface area contributed by atoms with Crippen LogP contribution in [0.25, 0.3) is 0 Å². The van der Waals surface area contributed by atoms with Crippen LogP contribution in [-0.2, 0) is 4.74 Å². The van der Waals surface area contributed by atoms with Crippen LogP contribution in [0, 0.1) is 17.0 Å². The molecule has 1 aromatic carbocycles. The van der Waals surface area contributed by atoms with Gasteiger partial charge in [-0.05, 0) is 31.9 Å². The molecule has 1 aromatic heterocycles. The van der Waals surface area contributed by atoms with Crippen LogP contribution in [0.5, 0.6) is 5.75 Å². The van der Waals surface area contributed by atoms with Gasteiger partial charge in [0.2, 0.25) is 0 Å². The minimum absolute atomic E-state index is 0.00411. The van der Waals surface area contributed by atoms with E-state index in [2.05, 4.69) is 4.99 Å². The summed E-state index contributed by atoms with van der Waals surface area (Å²) < 4.78 is 5.00. The molecule has 0 atom stereocenters. The van der Waals surface area contributed by atoms with Gasteiger partial charge in [0.25, 0.3) is 5.69 Å².